The molecular formula is C25H28F3N3O5S. The summed E-state index contributed by atoms with van der Waals surface area (Å²) in [5, 5.41) is 9.84. The lowest BCUT2D eigenvalue weighted by molar-refractivity contribution is -0.258. The zero-order valence-electron chi connectivity index (χ0n) is 20.3. The molecule has 2 aliphatic rings. The van der Waals surface area contributed by atoms with E-state index in [1.165, 1.54) is 4.31 Å². The lowest BCUT2D eigenvalue weighted by Gasteiger charge is -2.40. The van der Waals surface area contributed by atoms with E-state index in [-0.39, 0.29) is 30.4 Å². The van der Waals surface area contributed by atoms with Gasteiger partial charge in [0.2, 0.25) is 21.8 Å². The maximum atomic E-state index is 13.4. The van der Waals surface area contributed by atoms with Crippen molar-refractivity contribution in [2.24, 2.45) is 5.73 Å². The van der Waals surface area contributed by atoms with Gasteiger partial charge in [-0.1, -0.05) is 24.3 Å². The van der Waals surface area contributed by atoms with Gasteiger partial charge in [-0.25, -0.2) is 8.42 Å². The van der Waals surface area contributed by atoms with Crippen LogP contribution in [-0.4, -0.2) is 66.4 Å². The van der Waals surface area contributed by atoms with E-state index in [2.05, 4.69) is 0 Å². The minimum absolute atomic E-state index is 0.0218. The fourth-order valence-corrected chi connectivity index (χ4v) is 6.35. The van der Waals surface area contributed by atoms with Gasteiger partial charge in [0.25, 0.3) is 0 Å². The van der Waals surface area contributed by atoms with Crippen molar-refractivity contribution in [1.29, 1.82) is 0 Å². The van der Waals surface area contributed by atoms with Crippen LogP contribution in [0.25, 0.3) is 0 Å². The molecule has 0 bridgehead atoms. The monoisotopic (exact) mass is 539 g/mol. The second kappa shape index (κ2) is 9.10. The average molecular weight is 540 g/mol. The fraction of sp³-hybridized carbons (Fsp3) is 0.440. The second-order valence-electron chi connectivity index (χ2n) is 9.83. The Balaban J connectivity index is 1.47. The normalized spacial score (nSPS) is 21.8. The number of nitrogens with zero attached hydrogens (tertiary/aromatic N) is 2. The number of alkyl halides is 3. The summed E-state index contributed by atoms with van der Waals surface area (Å²) in [6, 6.07) is 10.0. The Morgan fingerprint density at radius 1 is 1.03 bits per heavy atom. The Kier molecular flexibility index (Phi) is 6.66. The quantitative estimate of drug-likeness (QED) is 0.585. The van der Waals surface area contributed by atoms with Crippen molar-refractivity contribution >= 4 is 21.8 Å². The van der Waals surface area contributed by atoms with Crippen molar-refractivity contribution < 1.29 is 36.3 Å². The first kappa shape index (κ1) is 27.1. The summed E-state index contributed by atoms with van der Waals surface area (Å²) < 4.78 is 67.1. The van der Waals surface area contributed by atoms with Crippen LogP contribution in [0.2, 0.25) is 0 Å². The fourth-order valence-electron chi connectivity index (χ4n) is 4.74. The van der Waals surface area contributed by atoms with Gasteiger partial charge in [-0.2, -0.15) is 17.5 Å². The van der Waals surface area contributed by atoms with E-state index < -0.39 is 44.7 Å². The maximum absolute atomic E-state index is 13.4. The van der Waals surface area contributed by atoms with E-state index in [4.69, 9.17) is 5.73 Å². The maximum Gasteiger partial charge on any atom is 0.421 e. The standard InChI is InChI=1S/C25H28F3N3O5S/c1-16-15-30(22(33)24(11-12-24)19-5-3-17(4-6-19)21(29)32)13-14-31(16)37(35,36)20-9-7-18(8-10-20)23(2,34)25(26,27)28/h3-10,16,34H,11-15H2,1-2H3,(H2,29,32). The number of carbonyl (C=O) groups excluding carboxylic acids is 2. The van der Waals surface area contributed by atoms with Crippen LogP contribution in [0.15, 0.2) is 53.4 Å². The van der Waals surface area contributed by atoms with Crippen LogP contribution in [-0.2, 0) is 25.8 Å². The number of amides is 2. The summed E-state index contributed by atoms with van der Waals surface area (Å²) in [5.74, 6) is -0.670. The van der Waals surface area contributed by atoms with Crippen molar-refractivity contribution in [1.82, 2.24) is 9.21 Å². The highest BCUT2D eigenvalue weighted by Gasteiger charge is 2.54. The zero-order valence-corrected chi connectivity index (χ0v) is 21.1. The molecule has 2 aromatic carbocycles. The molecule has 200 valence electrons. The number of primary amides is 1. The molecule has 2 aromatic rings. The number of sulfonamides is 1. The van der Waals surface area contributed by atoms with Crippen LogP contribution in [0, 0.1) is 0 Å². The lowest BCUT2D eigenvalue weighted by atomic mass is 9.93. The molecule has 1 heterocycles. The van der Waals surface area contributed by atoms with E-state index in [0.29, 0.717) is 25.3 Å². The number of nitrogens with two attached hydrogens (primary N) is 1. The Hall–Kier alpha value is -2.96. The van der Waals surface area contributed by atoms with Gasteiger partial charge in [-0.05, 0) is 62.1 Å². The van der Waals surface area contributed by atoms with Crippen molar-refractivity contribution in [3.8, 4) is 0 Å². The smallest absolute Gasteiger partial charge is 0.376 e. The highest BCUT2D eigenvalue weighted by Crippen LogP contribution is 2.50. The Morgan fingerprint density at radius 2 is 1.59 bits per heavy atom. The molecule has 2 unspecified atom stereocenters. The largest absolute Gasteiger partial charge is 0.421 e. The molecule has 1 aliphatic heterocycles. The van der Waals surface area contributed by atoms with Gasteiger partial charge in [-0.3, -0.25) is 9.59 Å². The third-order valence-corrected chi connectivity index (χ3v) is 9.34. The van der Waals surface area contributed by atoms with Crippen LogP contribution in [0.4, 0.5) is 13.2 Å². The van der Waals surface area contributed by atoms with Crippen molar-refractivity contribution in [2.45, 2.75) is 54.8 Å². The molecule has 8 nitrogen and oxygen atoms in total. The Labute approximate surface area is 212 Å². The van der Waals surface area contributed by atoms with E-state index in [0.717, 1.165) is 29.8 Å². The van der Waals surface area contributed by atoms with E-state index in [1.807, 2.05) is 0 Å². The van der Waals surface area contributed by atoms with Crippen LogP contribution >= 0.6 is 0 Å². The molecular weight excluding hydrogens is 511 g/mol. The summed E-state index contributed by atoms with van der Waals surface area (Å²) in [6.07, 6.45) is -3.64. The first-order valence-corrected chi connectivity index (χ1v) is 13.2. The molecule has 0 aromatic heterocycles. The van der Waals surface area contributed by atoms with Gasteiger partial charge < -0.3 is 15.7 Å². The second-order valence-corrected chi connectivity index (χ2v) is 11.7. The number of carbonyl (C=O) groups is 2. The van der Waals surface area contributed by atoms with Crippen molar-refractivity contribution in [2.75, 3.05) is 19.6 Å². The summed E-state index contributed by atoms with van der Waals surface area (Å²) in [7, 11) is -4.05. The molecule has 2 atom stereocenters. The van der Waals surface area contributed by atoms with Crippen LogP contribution in [0.3, 0.4) is 0 Å². The summed E-state index contributed by atoms with van der Waals surface area (Å²) in [5.41, 5.74) is 2.11. The Bertz CT molecular complexity index is 1300. The number of aliphatic hydroxyl groups is 1. The van der Waals surface area contributed by atoms with Crippen molar-refractivity contribution in [3.63, 3.8) is 0 Å². The minimum Gasteiger partial charge on any atom is -0.376 e. The van der Waals surface area contributed by atoms with Gasteiger partial charge in [0.15, 0.2) is 5.60 Å². The molecule has 0 spiro atoms. The zero-order chi connectivity index (χ0) is 27.4. The van der Waals surface area contributed by atoms with Gasteiger partial charge in [-0.15, -0.1) is 0 Å². The molecule has 0 radical (unpaired) electrons. The Morgan fingerprint density at radius 3 is 2.05 bits per heavy atom. The number of hydrogen-bond acceptors (Lipinski definition) is 5. The summed E-state index contributed by atoms with van der Waals surface area (Å²) in [6.45, 7) is 2.60. The first-order valence-electron chi connectivity index (χ1n) is 11.7. The molecule has 12 heteroatoms. The highest BCUT2D eigenvalue weighted by atomic mass is 32.2. The number of rotatable bonds is 6. The molecule has 1 saturated carbocycles. The number of hydrogen-bond donors (Lipinski definition) is 2. The number of piperazine rings is 1. The average Bonchev–Trinajstić information content (AvgIpc) is 3.65. The van der Waals surface area contributed by atoms with Gasteiger partial charge in [0, 0.05) is 31.2 Å². The topological polar surface area (TPSA) is 121 Å². The third kappa shape index (κ3) is 4.73. The predicted octanol–water partition coefficient (Wildman–Crippen LogP) is 2.51. The van der Waals surface area contributed by atoms with Crippen LogP contribution < -0.4 is 5.73 Å². The first-order chi connectivity index (χ1) is 17.1. The molecule has 1 saturated heterocycles. The molecule has 3 N–H and O–H groups in total. The minimum atomic E-state index is -4.92. The van der Waals surface area contributed by atoms with Crippen LogP contribution in [0.1, 0.15) is 48.2 Å². The van der Waals surface area contributed by atoms with Gasteiger partial charge in [0.1, 0.15) is 0 Å². The van der Waals surface area contributed by atoms with Crippen molar-refractivity contribution in [3.05, 3.63) is 65.2 Å². The van der Waals surface area contributed by atoms with Crippen LogP contribution in [0.5, 0.6) is 0 Å². The number of halogens is 3. The highest BCUT2D eigenvalue weighted by molar-refractivity contribution is 7.89. The van der Waals surface area contributed by atoms with Gasteiger partial charge >= 0.3 is 6.18 Å². The van der Waals surface area contributed by atoms with E-state index in [9.17, 15) is 36.3 Å². The molecule has 2 amide bonds. The third-order valence-electron chi connectivity index (χ3n) is 7.31. The molecule has 37 heavy (non-hydrogen) atoms. The van der Waals surface area contributed by atoms with Gasteiger partial charge in [0.05, 0.1) is 10.3 Å². The predicted molar refractivity (Wildman–Crippen MR) is 128 cm³/mol. The molecule has 2 fully saturated rings. The molecule has 4 rings (SSSR count). The SMILES string of the molecule is CC1CN(C(=O)C2(c3ccc(C(N)=O)cc3)CC2)CCN1S(=O)(=O)c1ccc(C(C)(O)C(F)(F)F)cc1. The van der Waals surface area contributed by atoms with E-state index >= 15 is 0 Å². The van der Waals surface area contributed by atoms with E-state index in [1.54, 1.807) is 36.1 Å². The number of benzene rings is 2. The summed E-state index contributed by atoms with van der Waals surface area (Å²) >= 11 is 0. The molecule has 1 aliphatic carbocycles. The summed E-state index contributed by atoms with van der Waals surface area (Å²) in [4.78, 5) is 26.2. The lowest BCUT2D eigenvalue weighted by Crippen LogP contribution is -2.57.